The van der Waals surface area contributed by atoms with Crippen molar-refractivity contribution in [3.05, 3.63) is 216 Å². The first kappa shape index (κ1) is 74.9. The number of alkyl halides is 2. The molecule has 0 bridgehead atoms. The smallest absolute Gasteiger partial charge is 0.331 e. The summed E-state index contributed by atoms with van der Waals surface area (Å²) in [5.41, 5.74) is 4.89. The number of nitrogens with zero attached hydrogens (tertiary/aromatic N) is 7. The number of aromatic amines is 2. The quantitative estimate of drug-likeness (QED) is 0.0476. The summed E-state index contributed by atoms with van der Waals surface area (Å²) >= 11 is 0. The van der Waals surface area contributed by atoms with Crippen LogP contribution in [0, 0.1) is 18.6 Å². The predicted octanol–water partition coefficient (Wildman–Crippen LogP) is 9.88. The van der Waals surface area contributed by atoms with Crippen LogP contribution in [0.4, 0.5) is 17.6 Å². The molecule has 31 heteroatoms. The van der Waals surface area contributed by atoms with Crippen LogP contribution in [0.5, 0.6) is 34.5 Å². The van der Waals surface area contributed by atoms with Gasteiger partial charge in [0, 0.05) is 49.2 Å². The number of methoxy groups -OCH3 is 3. The van der Waals surface area contributed by atoms with Gasteiger partial charge in [0.15, 0.2) is 51.4 Å². The monoisotopic (exact) mass is 1450 g/mol. The molecular formula is C70H75F4N9O15S3. The molecule has 3 atom stereocenters. The number of pyridine rings is 3. The molecule has 11 aromatic rings. The number of nitrogens with one attached hydrogen (secondary N) is 2. The lowest BCUT2D eigenvalue weighted by atomic mass is 10.0. The minimum atomic E-state index is -3.66. The maximum absolute atomic E-state index is 14.3. The lowest BCUT2D eigenvalue weighted by Gasteiger charge is -2.20. The maximum atomic E-state index is 14.3. The lowest BCUT2D eigenvalue weighted by molar-refractivity contribution is 0.126. The molecule has 0 aliphatic carbocycles. The SMILES string of the molecule is CCOc1cc(C(CS(C)(=O)=O)n2c(=O)[nH]c3c(C)c(-c4ccccc4)cnc32)ccc1OC.CCOc1cc(C(CS(C)(=O)=O)n2c(=O)[nH]c3c(Cc4ccccc4F)ccnc32)ccc1OC.CCOc1cc(C(CS(C)(=O)=O)n2c(=O)n(CC(F)F)c3cc(F)cnc32)ccc1OC. The van der Waals surface area contributed by atoms with Gasteiger partial charge in [-0.1, -0.05) is 66.7 Å². The zero-order valence-corrected chi connectivity index (χ0v) is 59.2. The second-order valence-electron chi connectivity index (χ2n) is 23.4. The Kier molecular flexibility index (Phi) is 23.7. The van der Waals surface area contributed by atoms with Crippen molar-refractivity contribution in [1.82, 2.24) is 43.2 Å². The number of imidazole rings is 3. The van der Waals surface area contributed by atoms with Gasteiger partial charge in [0.1, 0.15) is 41.1 Å². The Morgan fingerprint density at radius 3 is 1.41 bits per heavy atom. The van der Waals surface area contributed by atoms with Gasteiger partial charge in [-0.2, -0.15) is 0 Å². The molecule has 0 fully saturated rings. The van der Waals surface area contributed by atoms with E-state index in [0.717, 1.165) is 52.3 Å². The van der Waals surface area contributed by atoms with Gasteiger partial charge < -0.3 is 38.4 Å². The highest BCUT2D eigenvalue weighted by atomic mass is 32.2. The molecule has 0 aliphatic rings. The first-order valence-corrected chi connectivity index (χ1v) is 37.6. The van der Waals surface area contributed by atoms with E-state index in [2.05, 4.69) is 24.9 Å². The van der Waals surface area contributed by atoms with Crippen molar-refractivity contribution in [2.75, 3.05) is 77.2 Å². The van der Waals surface area contributed by atoms with Gasteiger partial charge in [0.2, 0.25) is 0 Å². The zero-order chi connectivity index (χ0) is 73.3. The Bertz CT molecular complexity index is 5350. The fourth-order valence-corrected chi connectivity index (χ4v) is 14.5. The average molecular weight is 1450 g/mol. The van der Waals surface area contributed by atoms with Crippen LogP contribution in [0.1, 0.15) is 72.3 Å². The molecular weight excluding hydrogens is 1380 g/mol. The number of fused-ring (bicyclic) bond motifs is 3. The van der Waals surface area contributed by atoms with E-state index >= 15 is 0 Å². The molecule has 0 saturated carbocycles. The second-order valence-corrected chi connectivity index (χ2v) is 30.0. The molecule has 0 amide bonds. The third kappa shape index (κ3) is 17.7. The molecule has 536 valence electrons. The van der Waals surface area contributed by atoms with Crippen molar-refractivity contribution in [1.29, 1.82) is 0 Å². The summed E-state index contributed by atoms with van der Waals surface area (Å²) in [4.78, 5) is 58.1. The highest BCUT2D eigenvalue weighted by Gasteiger charge is 2.31. The van der Waals surface area contributed by atoms with Crippen molar-refractivity contribution in [3.63, 3.8) is 0 Å². The number of aromatic nitrogens is 9. The highest BCUT2D eigenvalue weighted by molar-refractivity contribution is 7.91. The van der Waals surface area contributed by atoms with Crippen LogP contribution in [0.15, 0.2) is 154 Å². The number of halogens is 4. The highest BCUT2D eigenvalue weighted by Crippen LogP contribution is 2.37. The van der Waals surface area contributed by atoms with E-state index < -0.39 is 89.2 Å². The third-order valence-electron chi connectivity index (χ3n) is 16.1. The van der Waals surface area contributed by atoms with Gasteiger partial charge in [-0.25, -0.2) is 72.2 Å². The Morgan fingerprint density at radius 1 is 0.505 bits per heavy atom. The number of benzene rings is 5. The topological polar surface area (TPSA) is 299 Å². The fraction of sp³-hybridized carbons (Fsp3) is 0.314. The van der Waals surface area contributed by atoms with Crippen molar-refractivity contribution in [3.8, 4) is 45.6 Å². The van der Waals surface area contributed by atoms with Crippen LogP contribution in [0.2, 0.25) is 0 Å². The van der Waals surface area contributed by atoms with E-state index in [1.165, 1.54) is 48.8 Å². The minimum Gasteiger partial charge on any atom is -0.493 e. The molecule has 3 unspecified atom stereocenters. The molecule has 6 aromatic heterocycles. The minimum absolute atomic E-state index is 0.112. The molecule has 0 radical (unpaired) electrons. The van der Waals surface area contributed by atoms with Crippen LogP contribution in [0.25, 0.3) is 44.6 Å². The van der Waals surface area contributed by atoms with Gasteiger partial charge in [0.05, 0.1) is 106 Å². The van der Waals surface area contributed by atoms with Gasteiger partial charge in [-0.15, -0.1) is 0 Å². The second kappa shape index (κ2) is 31.9. The van der Waals surface area contributed by atoms with Gasteiger partial charge in [-0.05, 0) is 115 Å². The normalized spacial score (nSPS) is 12.7. The summed E-state index contributed by atoms with van der Waals surface area (Å²) in [5.74, 6) is 0.318. The molecule has 0 saturated heterocycles. The zero-order valence-electron chi connectivity index (χ0n) is 56.7. The Labute approximate surface area is 578 Å². The van der Waals surface area contributed by atoms with Crippen molar-refractivity contribution in [2.24, 2.45) is 0 Å². The van der Waals surface area contributed by atoms with Crippen LogP contribution in [-0.2, 0) is 42.5 Å². The maximum Gasteiger partial charge on any atom is 0.331 e. The molecule has 2 N–H and O–H groups in total. The van der Waals surface area contributed by atoms with Crippen molar-refractivity contribution < 1.29 is 71.2 Å². The van der Waals surface area contributed by atoms with Crippen LogP contribution in [-0.4, -0.2) is 152 Å². The van der Waals surface area contributed by atoms with E-state index in [1.54, 1.807) is 85.9 Å². The third-order valence-corrected chi connectivity index (χ3v) is 18.9. The summed E-state index contributed by atoms with van der Waals surface area (Å²) in [5, 5.41) is 0. The van der Waals surface area contributed by atoms with Crippen molar-refractivity contribution >= 4 is 63.0 Å². The van der Waals surface area contributed by atoms with Gasteiger partial charge in [-0.3, -0.25) is 18.3 Å². The summed E-state index contributed by atoms with van der Waals surface area (Å²) in [6.45, 7) is 7.43. The molecule has 11 rings (SSSR count). The van der Waals surface area contributed by atoms with E-state index in [-0.39, 0.29) is 40.6 Å². The Balaban J connectivity index is 0.000000177. The number of hydrogen-bond acceptors (Lipinski definition) is 18. The number of rotatable bonds is 26. The lowest BCUT2D eigenvalue weighted by Crippen LogP contribution is -2.32. The van der Waals surface area contributed by atoms with E-state index in [9.17, 15) is 57.2 Å². The number of hydrogen-bond donors (Lipinski definition) is 2. The van der Waals surface area contributed by atoms with Crippen LogP contribution >= 0.6 is 0 Å². The summed E-state index contributed by atoms with van der Waals surface area (Å²) in [6, 6.07) is 30.8. The fourth-order valence-electron chi connectivity index (χ4n) is 11.8. The molecule has 0 aliphatic heterocycles. The Morgan fingerprint density at radius 2 is 0.950 bits per heavy atom. The average Bonchev–Trinajstić information content (AvgIpc) is 1.63. The first-order valence-electron chi connectivity index (χ1n) is 31.5. The Hall–Kier alpha value is -10.3. The summed E-state index contributed by atoms with van der Waals surface area (Å²) < 4.78 is 166. The molecule has 101 heavy (non-hydrogen) atoms. The number of H-pyrrole nitrogens is 2. The molecule has 24 nitrogen and oxygen atoms in total. The van der Waals surface area contributed by atoms with Crippen LogP contribution in [0.3, 0.4) is 0 Å². The molecule has 5 aromatic carbocycles. The first-order chi connectivity index (χ1) is 48.0. The van der Waals surface area contributed by atoms with Crippen molar-refractivity contribution in [2.45, 2.75) is 65.2 Å². The summed E-state index contributed by atoms with van der Waals surface area (Å²) in [7, 11) is -6.15. The molecule has 0 spiro atoms. The van der Waals surface area contributed by atoms with E-state index in [1.807, 2.05) is 51.1 Å². The standard InChI is InChI=1S/C25H26FN3O5S.C25H27N3O5S.C20H22F3N3O5S/c1-4-34-22-14-17(9-10-21(22)33-2)20(15-35(3,31)32)29-24-23(28-25(29)30)18(11-12-27-24)13-16-7-5-6-8-19(16)26;1-5-33-22-13-18(11-12-21(22)32-3)20(15-34(4,30)31)28-24-23(27-25(28)29)16(2)19(14-26-24)17-9-7-6-8-10-17;1-4-31-17-7-12(5-6-16(17)30-2)15(11-32(3,28)29)26-19-14(8-13(21)9-24-19)25(20(26)27)10-18(22)23/h5-12,14,20H,4,13,15H2,1-3H3,(H,28,30);6-14,20H,5,15H2,1-4H3,(H,27,29);5-9,15,18H,4,10-11H2,1-3H3. The van der Waals surface area contributed by atoms with Crippen LogP contribution < -0.4 is 45.5 Å². The number of ether oxygens (including phenoxy) is 6. The molecule has 6 heterocycles. The van der Waals surface area contributed by atoms with E-state index in [0.29, 0.717) is 103 Å². The number of sulfone groups is 3. The predicted molar refractivity (Wildman–Crippen MR) is 376 cm³/mol. The number of aryl methyl sites for hydroxylation is 1. The van der Waals surface area contributed by atoms with Gasteiger partial charge >= 0.3 is 17.1 Å². The summed E-state index contributed by atoms with van der Waals surface area (Å²) in [6.07, 6.45) is 4.68. The van der Waals surface area contributed by atoms with Gasteiger partial charge in [0.25, 0.3) is 6.43 Å². The largest absolute Gasteiger partial charge is 0.493 e. The van der Waals surface area contributed by atoms with E-state index in [4.69, 9.17) is 28.4 Å².